The van der Waals surface area contributed by atoms with E-state index >= 15 is 0 Å². The van der Waals surface area contributed by atoms with Crippen molar-refractivity contribution in [3.8, 4) is 11.4 Å². The zero-order chi connectivity index (χ0) is 24.7. The molecule has 184 valence electrons. The molecule has 0 bridgehead atoms. The second-order valence-electron chi connectivity index (χ2n) is 8.96. The van der Waals surface area contributed by atoms with Crippen LogP contribution in [-0.2, 0) is 0 Å². The highest BCUT2D eigenvalue weighted by atomic mass is 32.2. The highest BCUT2D eigenvalue weighted by Gasteiger charge is 2.15. The van der Waals surface area contributed by atoms with Crippen LogP contribution in [0.5, 0.6) is 0 Å². The Balaban J connectivity index is 1.30. The molecule has 0 atom stereocenters. The summed E-state index contributed by atoms with van der Waals surface area (Å²) in [5, 5.41) is 6.85. The zero-order valence-corrected chi connectivity index (χ0v) is 21.0. The third kappa shape index (κ3) is 5.94. The maximum Gasteiger partial charge on any atom is 0.149 e. The molecule has 1 aliphatic rings. The van der Waals surface area contributed by atoms with E-state index in [0.717, 1.165) is 34.8 Å². The number of rotatable bonds is 8. The first-order chi connectivity index (χ1) is 17.7. The summed E-state index contributed by atoms with van der Waals surface area (Å²) in [5.74, 6) is 0.462. The first-order valence-electron chi connectivity index (χ1n) is 12.2. The Labute approximate surface area is 215 Å². The Morgan fingerprint density at radius 2 is 1.75 bits per heavy atom. The Hall–Kier alpha value is -3.65. The van der Waals surface area contributed by atoms with Gasteiger partial charge in [0.1, 0.15) is 23.7 Å². The molecule has 2 aromatic heterocycles. The average Bonchev–Trinajstić information content (AvgIpc) is 2.90. The van der Waals surface area contributed by atoms with Crippen LogP contribution in [0.25, 0.3) is 11.4 Å². The number of aromatic nitrogens is 3. The smallest absolute Gasteiger partial charge is 0.149 e. The van der Waals surface area contributed by atoms with Crippen LogP contribution in [-0.4, -0.2) is 21.0 Å². The van der Waals surface area contributed by atoms with E-state index in [0.29, 0.717) is 28.8 Å². The van der Waals surface area contributed by atoms with Gasteiger partial charge >= 0.3 is 0 Å². The van der Waals surface area contributed by atoms with E-state index in [1.807, 2.05) is 55.5 Å². The van der Waals surface area contributed by atoms with Gasteiger partial charge in [0, 0.05) is 28.9 Å². The van der Waals surface area contributed by atoms with Gasteiger partial charge in [-0.2, -0.15) is 0 Å². The topological polar surface area (TPSA) is 74.8 Å². The van der Waals surface area contributed by atoms with Gasteiger partial charge < -0.3 is 15.4 Å². The van der Waals surface area contributed by atoms with Crippen molar-refractivity contribution < 1.29 is 4.39 Å². The molecule has 0 unspecified atom stereocenters. The van der Waals surface area contributed by atoms with Crippen LogP contribution in [0.15, 0.2) is 78.1 Å². The van der Waals surface area contributed by atoms with Gasteiger partial charge in [0.25, 0.3) is 0 Å². The van der Waals surface area contributed by atoms with Gasteiger partial charge in [0.05, 0.1) is 17.1 Å². The molecule has 0 spiro atoms. The molecule has 0 saturated heterocycles. The first-order valence-corrected chi connectivity index (χ1v) is 13.1. The summed E-state index contributed by atoms with van der Waals surface area (Å²) in [6.45, 7) is 2.03. The molecule has 36 heavy (non-hydrogen) atoms. The Morgan fingerprint density at radius 3 is 2.58 bits per heavy atom. The minimum absolute atomic E-state index is 0.340. The SMILES string of the molecule is Cc1ccccc1SNc1ccc(Nc2cccnc2-c2cc(NC3CCCCC3)ncn2)cc1F. The number of halogens is 1. The number of nitrogens with one attached hydrogen (secondary N) is 3. The van der Waals surface area contributed by atoms with E-state index in [2.05, 4.69) is 30.3 Å². The van der Waals surface area contributed by atoms with E-state index in [1.54, 1.807) is 18.6 Å². The molecule has 2 heterocycles. The van der Waals surface area contributed by atoms with Gasteiger partial charge in [-0.25, -0.2) is 14.4 Å². The summed E-state index contributed by atoms with van der Waals surface area (Å²) in [6.07, 6.45) is 9.42. The number of hydrogen-bond acceptors (Lipinski definition) is 7. The van der Waals surface area contributed by atoms with Gasteiger partial charge in [-0.1, -0.05) is 37.5 Å². The fraction of sp³-hybridized carbons (Fsp3) is 0.250. The van der Waals surface area contributed by atoms with Gasteiger partial charge in [-0.05, 0) is 73.7 Å². The van der Waals surface area contributed by atoms with Gasteiger partial charge in [0.15, 0.2) is 0 Å². The van der Waals surface area contributed by atoms with Crippen LogP contribution < -0.4 is 15.4 Å². The molecule has 6 nitrogen and oxygen atoms in total. The second kappa shape index (κ2) is 11.4. The summed E-state index contributed by atoms with van der Waals surface area (Å²) < 4.78 is 18.0. The number of nitrogens with zero attached hydrogens (tertiary/aromatic N) is 3. The maximum atomic E-state index is 14.9. The fourth-order valence-electron chi connectivity index (χ4n) is 4.34. The van der Waals surface area contributed by atoms with Crippen LogP contribution in [0.3, 0.4) is 0 Å². The van der Waals surface area contributed by atoms with E-state index in [-0.39, 0.29) is 5.82 Å². The molecular weight excluding hydrogens is 471 g/mol. The normalized spacial score (nSPS) is 13.8. The lowest BCUT2D eigenvalue weighted by molar-refractivity contribution is 0.462. The minimum Gasteiger partial charge on any atom is -0.367 e. The van der Waals surface area contributed by atoms with Crippen molar-refractivity contribution in [1.29, 1.82) is 0 Å². The van der Waals surface area contributed by atoms with Gasteiger partial charge in [-0.3, -0.25) is 4.98 Å². The van der Waals surface area contributed by atoms with Crippen molar-refractivity contribution in [3.63, 3.8) is 0 Å². The molecule has 8 heteroatoms. The molecule has 0 radical (unpaired) electrons. The predicted molar refractivity (Wildman–Crippen MR) is 146 cm³/mol. The molecule has 3 N–H and O–H groups in total. The summed E-state index contributed by atoms with van der Waals surface area (Å²) in [4.78, 5) is 14.5. The van der Waals surface area contributed by atoms with Gasteiger partial charge in [-0.15, -0.1) is 0 Å². The lowest BCUT2D eigenvalue weighted by Crippen LogP contribution is -2.22. The lowest BCUT2D eigenvalue weighted by Gasteiger charge is -2.23. The zero-order valence-electron chi connectivity index (χ0n) is 20.2. The number of aryl methyl sites for hydroxylation is 1. The van der Waals surface area contributed by atoms with Crippen molar-refractivity contribution in [3.05, 3.63) is 84.6 Å². The van der Waals surface area contributed by atoms with Crippen molar-refractivity contribution in [2.24, 2.45) is 0 Å². The van der Waals surface area contributed by atoms with Crippen LogP contribution in [0.4, 0.5) is 27.3 Å². The largest absolute Gasteiger partial charge is 0.367 e. The molecule has 0 amide bonds. The summed E-state index contributed by atoms with van der Waals surface area (Å²) in [7, 11) is 0. The van der Waals surface area contributed by atoms with Crippen LogP contribution in [0.2, 0.25) is 0 Å². The van der Waals surface area contributed by atoms with E-state index in [4.69, 9.17) is 0 Å². The standard InChI is InChI=1S/C28H29FN6S/c1-19-8-5-6-12-26(19)36-35-23-14-13-21(16-22(23)29)33-24-11-7-15-30-28(24)25-17-27(32-18-31-25)34-20-9-3-2-4-10-20/h5-8,11-18,20,33,35H,2-4,9-10H2,1H3,(H,31,32,34). The molecule has 1 saturated carbocycles. The molecule has 5 rings (SSSR count). The number of pyridine rings is 1. The number of benzene rings is 2. The molecule has 4 aromatic rings. The molecule has 2 aromatic carbocycles. The Morgan fingerprint density at radius 1 is 0.889 bits per heavy atom. The second-order valence-corrected chi connectivity index (χ2v) is 9.80. The third-order valence-corrected chi connectivity index (χ3v) is 7.29. The summed E-state index contributed by atoms with van der Waals surface area (Å²) in [6, 6.07) is 19.2. The molecule has 1 aliphatic carbocycles. The Kier molecular flexibility index (Phi) is 7.61. The number of anilines is 4. The minimum atomic E-state index is -0.340. The van der Waals surface area contributed by atoms with Crippen molar-refractivity contribution in [2.75, 3.05) is 15.4 Å². The fourth-order valence-corrected chi connectivity index (χ4v) is 5.11. The van der Waals surface area contributed by atoms with Crippen molar-refractivity contribution in [1.82, 2.24) is 15.0 Å². The van der Waals surface area contributed by atoms with Crippen LogP contribution >= 0.6 is 11.9 Å². The maximum absolute atomic E-state index is 14.9. The predicted octanol–water partition coefficient (Wildman–Crippen LogP) is 7.59. The van der Waals surface area contributed by atoms with Crippen LogP contribution in [0, 0.1) is 12.7 Å². The highest BCUT2D eigenvalue weighted by molar-refractivity contribution is 8.00. The van der Waals surface area contributed by atoms with E-state index in [1.165, 1.54) is 37.3 Å². The molecule has 1 fully saturated rings. The molecular formula is C28H29FN6S. The summed E-state index contributed by atoms with van der Waals surface area (Å²) in [5.41, 5.74) is 4.33. The van der Waals surface area contributed by atoms with E-state index < -0.39 is 0 Å². The third-order valence-electron chi connectivity index (χ3n) is 6.29. The lowest BCUT2D eigenvalue weighted by atomic mass is 9.95. The van der Waals surface area contributed by atoms with Gasteiger partial charge in [0.2, 0.25) is 0 Å². The quantitative estimate of drug-likeness (QED) is 0.215. The summed E-state index contributed by atoms with van der Waals surface area (Å²) >= 11 is 1.40. The van der Waals surface area contributed by atoms with E-state index in [9.17, 15) is 4.39 Å². The van der Waals surface area contributed by atoms with Crippen molar-refractivity contribution >= 4 is 34.8 Å². The monoisotopic (exact) mass is 500 g/mol. The molecule has 0 aliphatic heterocycles. The van der Waals surface area contributed by atoms with Crippen LogP contribution in [0.1, 0.15) is 37.7 Å². The highest BCUT2D eigenvalue weighted by Crippen LogP contribution is 2.31. The van der Waals surface area contributed by atoms with Crippen molar-refractivity contribution in [2.45, 2.75) is 50.0 Å². The Bertz CT molecular complexity index is 1320. The number of hydrogen-bond donors (Lipinski definition) is 3. The first kappa shape index (κ1) is 24.1. The average molecular weight is 501 g/mol.